The fraction of sp³-hybridized carbons (Fsp3) is 0.571. The number of ether oxygens (including phenoxy) is 1. The second-order valence-electron chi connectivity index (χ2n) is 4.10. The summed E-state index contributed by atoms with van der Waals surface area (Å²) in [6.45, 7) is 10.0. The van der Waals surface area contributed by atoms with Crippen LogP contribution in [0.5, 0.6) is 5.75 Å². The van der Waals surface area contributed by atoms with Gasteiger partial charge in [-0.1, -0.05) is 32.0 Å². The zero-order chi connectivity index (χ0) is 12.7. The highest BCUT2D eigenvalue weighted by Crippen LogP contribution is 2.23. The van der Waals surface area contributed by atoms with Gasteiger partial charge in [0.25, 0.3) is 0 Å². The van der Waals surface area contributed by atoms with Gasteiger partial charge in [-0.2, -0.15) is 0 Å². The smallest absolute Gasteiger partial charge is 0.127 e. The first kappa shape index (κ1) is 14.0. The molecule has 0 saturated carbocycles. The van der Waals surface area contributed by atoms with E-state index >= 15 is 0 Å². The van der Waals surface area contributed by atoms with Gasteiger partial charge in [0, 0.05) is 12.1 Å². The molecule has 3 nitrogen and oxygen atoms in total. The Hall–Kier alpha value is -1.06. The van der Waals surface area contributed by atoms with E-state index in [-0.39, 0.29) is 6.61 Å². The highest BCUT2D eigenvalue weighted by Gasteiger charge is 2.06. The van der Waals surface area contributed by atoms with Crippen molar-refractivity contribution in [1.29, 1.82) is 0 Å². The van der Waals surface area contributed by atoms with E-state index in [0.717, 1.165) is 36.5 Å². The first-order chi connectivity index (χ1) is 8.22. The third kappa shape index (κ3) is 4.02. The minimum Gasteiger partial charge on any atom is -0.492 e. The van der Waals surface area contributed by atoms with E-state index in [9.17, 15) is 5.11 Å². The Morgan fingerprint density at radius 3 is 2.53 bits per heavy atom. The number of rotatable bonds is 7. The van der Waals surface area contributed by atoms with Crippen LogP contribution in [0.1, 0.15) is 25.0 Å². The molecule has 1 aromatic rings. The molecule has 96 valence electrons. The molecule has 17 heavy (non-hydrogen) atoms. The van der Waals surface area contributed by atoms with E-state index in [0.29, 0.717) is 6.61 Å². The van der Waals surface area contributed by atoms with Crippen LogP contribution in [0.15, 0.2) is 18.2 Å². The van der Waals surface area contributed by atoms with E-state index in [1.807, 2.05) is 25.1 Å². The zero-order valence-corrected chi connectivity index (χ0v) is 11.1. The Balaban J connectivity index is 2.56. The molecular weight excluding hydrogens is 214 g/mol. The molecule has 3 heteroatoms. The molecular formula is C14H23NO2. The Kier molecular flexibility index (Phi) is 6.01. The molecule has 0 unspecified atom stereocenters. The number of aryl methyl sites for hydroxylation is 1. The maximum atomic E-state index is 9.25. The van der Waals surface area contributed by atoms with Gasteiger partial charge in [-0.25, -0.2) is 0 Å². The lowest BCUT2D eigenvalue weighted by atomic mass is 10.1. The number of para-hydroxylation sites is 1. The van der Waals surface area contributed by atoms with E-state index in [2.05, 4.69) is 18.7 Å². The Morgan fingerprint density at radius 2 is 1.94 bits per heavy atom. The summed E-state index contributed by atoms with van der Waals surface area (Å²) in [5.74, 6) is 0.835. The van der Waals surface area contributed by atoms with Gasteiger partial charge in [0.05, 0.1) is 6.61 Å². The average molecular weight is 237 g/mol. The number of likely N-dealkylation sites (N-methyl/N-ethyl adjacent to an activating group) is 1. The van der Waals surface area contributed by atoms with Crippen LogP contribution in [-0.2, 0) is 6.61 Å². The third-order valence-electron chi connectivity index (χ3n) is 3.01. The largest absolute Gasteiger partial charge is 0.492 e. The molecule has 0 aliphatic carbocycles. The third-order valence-corrected chi connectivity index (χ3v) is 3.01. The van der Waals surface area contributed by atoms with Crippen molar-refractivity contribution >= 4 is 0 Å². The number of hydrogen-bond donors (Lipinski definition) is 1. The normalized spacial score (nSPS) is 10.9. The van der Waals surface area contributed by atoms with Crippen molar-refractivity contribution in [2.45, 2.75) is 27.4 Å². The molecule has 0 aromatic heterocycles. The Morgan fingerprint density at radius 1 is 1.24 bits per heavy atom. The van der Waals surface area contributed by atoms with Crippen LogP contribution < -0.4 is 4.74 Å². The standard InChI is InChI=1S/C14H23NO2/c1-4-15(5-2)9-10-17-14-12(3)7-6-8-13(14)11-16/h6-8,16H,4-5,9-11H2,1-3H3. The summed E-state index contributed by atoms with van der Waals surface area (Å²) in [6, 6.07) is 5.85. The van der Waals surface area contributed by atoms with Crippen molar-refractivity contribution < 1.29 is 9.84 Å². The van der Waals surface area contributed by atoms with Gasteiger partial charge in [0.1, 0.15) is 12.4 Å². The van der Waals surface area contributed by atoms with Crippen molar-refractivity contribution in [1.82, 2.24) is 4.90 Å². The van der Waals surface area contributed by atoms with Crippen molar-refractivity contribution in [3.05, 3.63) is 29.3 Å². The SMILES string of the molecule is CCN(CC)CCOc1c(C)cccc1CO. The predicted molar refractivity (Wildman–Crippen MR) is 70.4 cm³/mol. The van der Waals surface area contributed by atoms with Gasteiger partial charge in [0.2, 0.25) is 0 Å². The first-order valence-corrected chi connectivity index (χ1v) is 6.27. The van der Waals surface area contributed by atoms with E-state index in [1.54, 1.807) is 0 Å². The van der Waals surface area contributed by atoms with Crippen molar-refractivity contribution in [2.75, 3.05) is 26.2 Å². The molecule has 0 bridgehead atoms. The summed E-state index contributed by atoms with van der Waals surface area (Å²) in [6.07, 6.45) is 0. The van der Waals surface area contributed by atoms with Crippen LogP contribution in [0, 0.1) is 6.92 Å². The Bertz CT molecular complexity index is 335. The number of aliphatic hydroxyl groups is 1. The molecule has 0 radical (unpaired) electrons. The number of hydrogen-bond acceptors (Lipinski definition) is 3. The summed E-state index contributed by atoms with van der Waals surface area (Å²) >= 11 is 0. The maximum absolute atomic E-state index is 9.25. The van der Waals surface area contributed by atoms with E-state index in [1.165, 1.54) is 0 Å². The molecule has 0 aliphatic heterocycles. The van der Waals surface area contributed by atoms with Crippen LogP contribution in [0.25, 0.3) is 0 Å². The van der Waals surface area contributed by atoms with Crippen LogP contribution in [0.3, 0.4) is 0 Å². The summed E-state index contributed by atoms with van der Waals surface area (Å²) in [4.78, 5) is 2.32. The van der Waals surface area contributed by atoms with Gasteiger partial charge in [-0.15, -0.1) is 0 Å². The molecule has 1 aromatic carbocycles. The highest BCUT2D eigenvalue weighted by molar-refractivity contribution is 5.40. The molecule has 1 N–H and O–H groups in total. The molecule has 0 spiro atoms. The summed E-state index contributed by atoms with van der Waals surface area (Å²) in [7, 11) is 0. The van der Waals surface area contributed by atoms with Gasteiger partial charge in [-0.3, -0.25) is 0 Å². The molecule has 1 rings (SSSR count). The highest BCUT2D eigenvalue weighted by atomic mass is 16.5. The first-order valence-electron chi connectivity index (χ1n) is 6.27. The van der Waals surface area contributed by atoms with Crippen molar-refractivity contribution in [3.63, 3.8) is 0 Å². The lowest BCUT2D eigenvalue weighted by Gasteiger charge is -2.19. The minimum absolute atomic E-state index is 0.0300. The molecule has 0 heterocycles. The van der Waals surface area contributed by atoms with Gasteiger partial charge >= 0.3 is 0 Å². The van der Waals surface area contributed by atoms with Crippen LogP contribution >= 0.6 is 0 Å². The quantitative estimate of drug-likeness (QED) is 0.789. The summed E-state index contributed by atoms with van der Waals surface area (Å²) < 4.78 is 5.79. The Labute approximate surface area is 104 Å². The fourth-order valence-corrected chi connectivity index (χ4v) is 1.86. The maximum Gasteiger partial charge on any atom is 0.127 e. The topological polar surface area (TPSA) is 32.7 Å². The molecule has 0 amide bonds. The number of nitrogens with zero attached hydrogens (tertiary/aromatic N) is 1. The fourth-order valence-electron chi connectivity index (χ4n) is 1.86. The molecule has 0 fully saturated rings. The zero-order valence-electron chi connectivity index (χ0n) is 11.1. The van der Waals surface area contributed by atoms with Crippen molar-refractivity contribution in [2.24, 2.45) is 0 Å². The van der Waals surface area contributed by atoms with Gasteiger partial charge in [-0.05, 0) is 25.6 Å². The molecule has 0 aliphatic rings. The van der Waals surface area contributed by atoms with E-state index in [4.69, 9.17) is 4.74 Å². The number of benzene rings is 1. The van der Waals surface area contributed by atoms with Crippen LogP contribution in [0.2, 0.25) is 0 Å². The van der Waals surface area contributed by atoms with E-state index < -0.39 is 0 Å². The predicted octanol–water partition coefficient (Wildman–Crippen LogP) is 2.21. The van der Waals surface area contributed by atoms with Crippen LogP contribution in [-0.4, -0.2) is 36.2 Å². The lowest BCUT2D eigenvalue weighted by Crippen LogP contribution is -2.28. The molecule has 0 atom stereocenters. The van der Waals surface area contributed by atoms with Crippen molar-refractivity contribution in [3.8, 4) is 5.75 Å². The van der Waals surface area contributed by atoms with Crippen LogP contribution in [0.4, 0.5) is 0 Å². The lowest BCUT2D eigenvalue weighted by molar-refractivity contribution is 0.214. The minimum atomic E-state index is 0.0300. The number of aliphatic hydroxyl groups excluding tert-OH is 1. The van der Waals surface area contributed by atoms with Gasteiger partial charge < -0.3 is 14.7 Å². The van der Waals surface area contributed by atoms with Gasteiger partial charge in [0.15, 0.2) is 0 Å². The monoisotopic (exact) mass is 237 g/mol. The second kappa shape index (κ2) is 7.30. The average Bonchev–Trinajstić information content (AvgIpc) is 2.36. The second-order valence-corrected chi connectivity index (χ2v) is 4.10. The molecule has 0 saturated heterocycles. The summed E-state index contributed by atoms with van der Waals surface area (Å²) in [5, 5.41) is 9.25. The summed E-state index contributed by atoms with van der Waals surface area (Å²) in [5.41, 5.74) is 1.95.